The minimum atomic E-state index is -3.96. The van der Waals surface area contributed by atoms with Gasteiger partial charge >= 0.3 is 6.18 Å². The molecule has 1 rings (SSSR count). The fourth-order valence-electron chi connectivity index (χ4n) is 1.91. The summed E-state index contributed by atoms with van der Waals surface area (Å²) in [6.07, 6.45) is -1.80. The van der Waals surface area contributed by atoms with Crippen LogP contribution >= 0.6 is 22.6 Å². The lowest BCUT2D eigenvalue weighted by atomic mass is 9.80. The van der Waals surface area contributed by atoms with Gasteiger partial charge in [-0.25, -0.2) is 0 Å². The third kappa shape index (κ3) is 3.29. The molecule has 0 aromatic heterocycles. The van der Waals surface area contributed by atoms with Crippen LogP contribution in [0.3, 0.4) is 0 Å². The molecular formula is C9H14F3I. The average molecular weight is 306 g/mol. The Kier molecular flexibility index (Phi) is 3.89. The molecule has 0 aromatic carbocycles. The molecule has 1 saturated carbocycles. The van der Waals surface area contributed by atoms with Gasteiger partial charge in [0, 0.05) is 3.92 Å². The van der Waals surface area contributed by atoms with Gasteiger partial charge in [0.1, 0.15) is 0 Å². The van der Waals surface area contributed by atoms with Crippen molar-refractivity contribution < 1.29 is 13.2 Å². The Morgan fingerprint density at radius 2 is 1.62 bits per heavy atom. The van der Waals surface area contributed by atoms with Crippen molar-refractivity contribution in [1.29, 1.82) is 0 Å². The maximum atomic E-state index is 12.3. The molecule has 0 amide bonds. The van der Waals surface area contributed by atoms with Crippen molar-refractivity contribution >= 4 is 22.6 Å². The van der Waals surface area contributed by atoms with Crippen molar-refractivity contribution in [2.75, 3.05) is 0 Å². The molecule has 0 heterocycles. The van der Waals surface area contributed by atoms with Crippen LogP contribution < -0.4 is 0 Å². The highest BCUT2D eigenvalue weighted by Gasteiger charge is 2.41. The third-order valence-electron chi connectivity index (χ3n) is 2.88. The third-order valence-corrected chi connectivity index (χ3v) is 3.90. The maximum absolute atomic E-state index is 12.3. The van der Waals surface area contributed by atoms with Crippen LogP contribution in [-0.4, -0.2) is 10.1 Å². The first-order valence-electron chi connectivity index (χ1n) is 4.62. The van der Waals surface area contributed by atoms with E-state index in [1.54, 1.807) is 0 Å². The summed E-state index contributed by atoms with van der Waals surface area (Å²) in [4.78, 5) is 0. The number of halogens is 4. The summed E-state index contributed by atoms with van der Waals surface area (Å²) in [5.41, 5.74) is 0. The van der Waals surface area contributed by atoms with E-state index >= 15 is 0 Å². The van der Waals surface area contributed by atoms with Crippen molar-refractivity contribution in [3.05, 3.63) is 0 Å². The van der Waals surface area contributed by atoms with Gasteiger partial charge in [-0.1, -0.05) is 29.5 Å². The van der Waals surface area contributed by atoms with E-state index in [2.05, 4.69) is 29.5 Å². The highest BCUT2D eigenvalue weighted by Crippen LogP contribution is 2.41. The van der Waals surface area contributed by atoms with Crippen molar-refractivity contribution in [2.45, 2.75) is 42.7 Å². The standard InChI is InChI=1S/C9H14F3I/c1-6(13)7-2-4-8(5-3-7)9(10,11)12/h6-8H,2-5H2,1H3. The first kappa shape index (κ1) is 11.6. The van der Waals surface area contributed by atoms with Crippen LogP contribution in [0.5, 0.6) is 0 Å². The van der Waals surface area contributed by atoms with Crippen LogP contribution in [0.1, 0.15) is 32.6 Å². The summed E-state index contributed by atoms with van der Waals surface area (Å²) in [6.45, 7) is 2.08. The monoisotopic (exact) mass is 306 g/mol. The molecule has 1 fully saturated rings. The molecule has 0 nitrogen and oxygen atoms in total. The van der Waals surface area contributed by atoms with Crippen molar-refractivity contribution in [2.24, 2.45) is 11.8 Å². The van der Waals surface area contributed by atoms with E-state index in [0.717, 1.165) is 12.8 Å². The van der Waals surface area contributed by atoms with Gasteiger partial charge in [-0.05, 0) is 31.6 Å². The first-order chi connectivity index (χ1) is 5.91. The van der Waals surface area contributed by atoms with Crippen molar-refractivity contribution in [3.63, 3.8) is 0 Å². The van der Waals surface area contributed by atoms with Crippen molar-refractivity contribution in [1.82, 2.24) is 0 Å². The quantitative estimate of drug-likeness (QED) is 0.503. The van der Waals surface area contributed by atoms with Gasteiger partial charge in [0.2, 0.25) is 0 Å². The maximum Gasteiger partial charge on any atom is 0.391 e. The summed E-state index contributed by atoms with van der Waals surface area (Å²) in [6, 6.07) is 0. The second-order valence-electron chi connectivity index (χ2n) is 3.83. The van der Waals surface area contributed by atoms with Gasteiger partial charge in [0.25, 0.3) is 0 Å². The Bertz CT molecular complexity index is 157. The normalized spacial score (nSPS) is 33.0. The van der Waals surface area contributed by atoms with Gasteiger partial charge in [-0.15, -0.1) is 0 Å². The number of hydrogen-bond acceptors (Lipinski definition) is 0. The number of alkyl halides is 4. The predicted molar refractivity (Wildman–Crippen MR) is 55.0 cm³/mol. The zero-order valence-corrected chi connectivity index (χ0v) is 9.73. The highest BCUT2D eigenvalue weighted by atomic mass is 127. The number of rotatable bonds is 1. The van der Waals surface area contributed by atoms with E-state index in [1.807, 2.05) is 0 Å². The molecule has 4 heteroatoms. The molecule has 0 radical (unpaired) electrons. The Balaban J connectivity index is 2.39. The predicted octanol–water partition coefficient (Wildman–Crippen LogP) is 4.18. The van der Waals surface area contributed by atoms with Crippen LogP contribution in [0.25, 0.3) is 0 Å². The van der Waals surface area contributed by atoms with Crippen LogP contribution in [0.4, 0.5) is 13.2 Å². The molecule has 0 aliphatic heterocycles. The molecule has 1 atom stereocenters. The van der Waals surface area contributed by atoms with E-state index in [9.17, 15) is 13.2 Å². The van der Waals surface area contributed by atoms with E-state index < -0.39 is 12.1 Å². The second-order valence-corrected chi connectivity index (χ2v) is 5.80. The number of hydrogen-bond donors (Lipinski definition) is 0. The summed E-state index contributed by atoms with van der Waals surface area (Å²) in [5.74, 6) is -0.530. The Morgan fingerprint density at radius 1 is 1.15 bits per heavy atom. The molecule has 0 N–H and O–H groups in total. The molecule has 0 saturated heterocycles. The SMILES string of the molecule is CC(I)C1CCC(C(F)(F)F)CC1. The topological polar surface area (TPSA) is 0 Å². The van der Waals surface area contributed by atoms with Crippen LogP contribution in [0.15, 0.2) is 0 Å². The van der Waals surface area contributed by atoms with Gasteiger partial charge in [-0.2, -0.15) is 13.2 Å². The van der Waals surface area contributed by atoms with E-state index in [4.69, 9.17) is 0 Å². The Labute approximate surface area is 90.4 Å². The Morgan fingerprint density at radius 3 is 1.92 bits per heavy atom. The molecule has 0 spiro atoms. The molecule has 1 aliphatic rings. The Hall–Kier alpha value is 0.520. The zero-order valence-electron chi connectivity index (χ0n) is 7.57. The van der Waals surface area contributed by atoms with E-state index in [1.165, 1.54) is 0 Å². The molecule has 13 heavy (non-hydrogen) atoms. The summed E-state index contributed by atoms with van der Waals surface area (Å²) < 4.78 is 37.3. The summed E-state index contributed by atoms with van der Waals surface area (Å²) in [7, 11) is 0. The summed E-state index contributed by atoms with van der Waals surface area (Å²) in [5, 5.41) is 0. The smallest absolute Gasteiger partial charge is 0.171 e. The second kappa shape index (κ2) is 4.36. The van der Waals surface area contributed by atoms with Gasteiger partial charge in [0.05, 0.1) is 5.92 Å². The highest BCUT2D eigenvalue weighted by molar-refractivity contribution is 14.1. The average Bonchev–Trinajstić information content (AvgIpc) is 2.03. The van der Waals surface area contributed by atoms with Crippen molar-refractivity contribution in [3.8, 4) is 0 Å². The van der Waals surface area contributed by atoms with E-state index in [0.29, 0.717) is 22.7 Å². The van der Waals surface area contributed by atoms with Crippen LogP contribution in [-0.2, 0) is 0 Å². The molecule has 0 bridgehead atoms. The lowest BCUT2D eigenvalue weighted by Crippen LogP contribution is -2.29. The molecule has 1 unspecified atom stereocenters. The van der Waals surface area contributed by atoms with Gasteiger partial charge in [-0.3, -0.25) is 0 Å². The lowest BCUT2D eigenvalue weighted by Gasteiger charge is -2.31. The van der Waals surface area contributed by atoms with Gasteiger partial charge < -0.3 is 0 Å². The minimum absolute atomic E-state index is 0.335. The van der Waals surface area contributed by atoms with E-state index in [-0.39, 0.29) is 0 Å². The van der Waals surface area contributed by atoms with Crippen LogP contribution in [0.2, 0.25) is 0 Å². The molecule has 78 valence electrons. The summed E-state index contributed by atoms with van der Waals surface area (Å²) >= 11 is 2.31. The first-order valence-corrected chi connectivity index (χ1v) is 5.86. The zero-order chi connectivity index (χ0) is 10.1. The minimum Gasteiger partial charge on any atom is -0.171 e. The van der Waals surface area contributed by atoms with Gasteiger partial charge in [0.15, 0.2) is 0 Å². The molecule has 1 aliphatic carbocycles. The lowest BCUT2D eigenvalue weighted by molar-refractivity contribution is -0.183. The fourth-order valence-corrected chi connectivity index (χ4v) is 2.63. The largest absolute Gasteiger partial charge is 0.391 e. The fraction of sp³-hybridized carbons (Fsp3) is 1.00. The van der Waals surface area contributed by atoms with Crippen LogP contribution in [0, 0.1) is 11.8 Å². The molecular weight excluding hydrogens is 292 g/mol. The molecule has 0 aromatic rings.